The summed E-state index contributed by atoms with van der Waals surface area (Å²) in [6.07, 6.45) is 4.87. The molecule has 0 radical (unpaired) electrons. The van der Waals surface area contributed by atoms with Gasteiger partial charge in [0.05, 0.1) is 4.90 Å². The Morgan fingerprint density at radius 1 is 1.31 bits per heavy atom. The number of aryl methyl sites for hydroxylation is 1. The number of anilines is 1. The molecule has 1 aliphatic rings. The first-order valence-electron chi connectivity index (χ1n) is 5.54. The minimum atomic E-state index is -3.11. The maximum Gasteiger partial charge on any atom is 0.175 e. The smallest absolute Gasteiger partial charge is 0.175 e. The van der Waals surface area contributed by atoms with E-state index in [9.17, 15) is 8.42 Å². The zero-order valence-corrected chi connectivity index (χ0v) is 10.5. The van der Waals surface area contributed by atoms with Crippen LogP contribution in [0.3, 0.4) is 0 Å². The zero-order chi connectivity index (χ0) is 11.8. The monoisotopic (exact) mass is 239 g/mol. The second-order valence-corrected chi connectivity index (χ2v) is 6.54. The van der Waals surface area contributed by atoms with E-state index in [0.717, 1.165) is 11.3 Å². The molecule has 1 aromatic rings. The van der Waals surface area contributed by atoms with Crippen LogP contribution in [-0.2, 0) is 9.84 Å². The Labute approximate surface area is 96.8 Å². The van der Waals surface area contributed by atoms with Gasteiger partial charge in [-0.05, 0) is 43.9 Å². The lowest BCUT2D eigenvalue weighted by molar-refractivity contribution is 0.445. The molecule has 16 heavy (non-hydrogen) atoms. The quantitative estimate of drug-likeness (QED) is 0.880. The average Bonchev–Trinajstić information content (AvgIpc) is 2.11. The Bertz CT molecular complexity index is 490. The van der Waals surface area contributed by atoms with Crippen LogP contribution in [0.25, 0.3) is 0 Å². The topological polar surface area (TPSA) is 46.2 Å². The fourth-order valence-electron chi connectivity index (χ4n) is 1.76. The number of hydrogen-bond donors (Lipinski definition) is 1. The van der Waals surface area contributed by atoms with Crippen molar-refractivity contribution >= 4 is 15.5 Å². The predicted octanol–water partition coefficient (Wildman–Crippen LogP) is 2.36. The van der Waals surface area contributed by atoms with E-state index in [2.05, 4.69) is 5.32 Å². The van der Waals surface area contributed by atoms with Crippen molar-refractivity contribution in [2.45, 2.75) is 37.1 Å². The van der Waals surface area contributed by atoms with E-state index in [1.54, 1.807) is 12.1 Å². The highest BCUT2D eigenvalue weighted by Gasteiger charge is 2.18. The molecule has 4 heteroatoms. The maximum absolute atomic E-state index is 11.4. The van der Waals surface area contributed by atoms with Crippen LogP contribution in [0, 0.1) is 6.92 Å². The molecule has 0 heterocycles. The molecule has 1 aliphatic carbocycles. The number of nitrogens with one attached hydrogen (secondary N) is 1. The minimum Gasteiger partial charge on any atom is -0.382 e. The van der Waals surface area contributed by atoms with Crippen molar-refractivity contribution in [3.05, 3.63) is 23.8 Å². The summed E-state index contributed by atoms with van der Waals surface area (Å²) in [6.45, 7) is 1.99. The van der Waals surface area contributed by atoms with Crippen molar-refractivity contribution in [2.24, 2.45) is 0 Å². The summed E-state index contributed by atoms with van der Waals surface area (Å²) in [4.78, 5) is 0.389. The molecular formula is C12H17NO2S. The first-order chi connectivity index (χ1) is 7.47. The predicted molar refractivity (Wildman–Crippen MR) is 65.6 cm³/mol. The second kappa shape index (κ2) is 4.09. The van der Waals surface area contributed by atoms with Gasteiger partial charge in [-0.15, -0.1) is 0 Å². The zero-order valence-electron chi connectivity index (χ0n) is 9.66. The molecule has 2 rings (SSSR count). The first kappa shape index (κ1) is 11.5. The minimum absolute atomic E-state index is 0.389. The SMILES string of the molecule is Cc1ccc(S(C)(=O)=O)cc1NC1CCC1. The molecule has 0 unspecified atom stereocenters. The van der Waals surface area contributed by atoms with Crippen LogP contribution in [0.4, 0.5) is 5.69 Å². The summed E-state index contributed by atoms with van der Waals surface area (Å²) in [6, 6.07) is 5.78. The van der Waals surface area contributed by atoms with Crippen LogP contribution in [-0.4, -0.2) is 20.7 Å². The van der Waals surface area contributed by atoms with E-state index in [1.807, 2.05) is 13.0 Å². The van der Waals surface area contributed by atoms with Crippen LogP contribution < -0.4 is 5.32 Å². The van der Waals surface area contributed by atoms with Crippen molar-refractivity contribution in [1.29, 1.82) is 0 Å². The van der Waals surface area contributed by atoms with Gasteiger partial charge in [0.2, 0.25) is 0 Å². The second-order valence-electron chi connectivity index (χ2n) is 4.52. The maximum atomic E-state index is 11.4. The summed E-state index contributed by atoms with van der Waals surface area (Å²) in [7, 11) is -3.11. The molecule has 0 bridgehead atoms. The van der Waals surface area contributed by atoms with Crippen molar-refractivity contribution in [3.8, 4) is 0 Å². The molecule has 0 aromatic heterocycles. The number of sulfone groups is 1. The lowest BCUT2D eigenvalue weighted by Crippen LogP contribution is -2.27. The highest BCUT2D eigenvalue weighted by atomic mass is 32.2. The standard InChI is InChI=1S/C12H17NO2S/c1-9-6-7-11(16(2,14)15)8-12(9)13-10-4-3-5-10/h6-8,10,13H,3-5H2,1-2H3. The third kappa shape index (κ3) is 2.38. The van der Waals surface area contributed by atoms with Crippen LogP contribution >= 0.6 is 0 Å². The van der Waals surface area contributed by atoms with Crippen LogP contribution in [0.2, 0.25) is 0 Å². The Morgan fingerprint density at radius 2 is 2.00 bits per heavy atom. The molecule has 3 nitrogen and oxygen atoms in total. The van der Waals surface area contributed by atoms with Gasteiger partial charge in [0.1, 0.15) is 0 Å². The van der Waals surface area contributed by atoms with E-state index < -0.39 is 9.84 Å². The Balaban J connectivity index is 2.28. The van der Waals surface area contributed by atoms with Gasteiger partial charge >= 0.3 is 0 Å². The summed E-state index contributed by atoms with van der Waals surface area (Å²) in [5.74, 6) is 0. The highest BCUT2D eigenvalue weighted by molar-refractivity contribution is 7.90. The third-order valence-corrected chi connectivity index (χ3v) is 4.21. The summed E-state index contributed by atoms with van der Waals surface area (Å²) in [5, 5.41) is 3.39. The van der Waals surface area contributed by atoms with Crippen LogP contribution in [0.15, 0.2) is 23.1 Å². The molecule has 1 N–H and O–H groups in total. The van der Waals surface area contributed by atoms with Crippen molar-refractivity contribution in [3.63, 3.8) is 0 Å². The van der Waals surface area contributed by atoms with E-state index in [1.165, 1.54) is 25.5 Å². The molecule has 0 spiro atoms. The molecule has 0 aliphatic heterocycles. The molecule has 0 atom stereocenters. The number of hydrogen-bond acceptors (Lipinski definition) is 3. The first-order valence-corrected chi connectivity index (χ1v) is 7.43. The summed E-state index contributed by atoms with van der Waals surface area (Å²) >= 11 is 0. The van der Waals surface area contributed by atoms with Crippen LogP contribution in [0.5, 0.6) is 0 Å². The highest BCUT2D eigenvalue weighted by Crippen LogP contribution is 2.26. The normalized spacial score (nSPS) is 16.9. The lowest BCUT2D eigenvalue weighted by atomic mass is 9.93. The molecule has 88 valence electrons. The van der Waals surface area contributed by atoms with Crippen molar-refractivity contribution < 1.29 is 8.42 Å². The van der Waals surface area contributed by atoms with Gasteiger partial charge < -0.3 is 5.32 Å². The number of benzene rings is 1. The summed E-state index contributed by atoms with van der Waals surface area (Å²) in [5.41, 5.74) is 2.05. The Morgan fingerprint density at radius 3 is 2.50 bits per heavy atom. The van der Waals surface area contributed by atoms with Gasteiger partial charge in [-0.25, -0.2) is 8.42 Å². The van der Waals surface area contributed by atoms with E-state index in [-0.39, 0.29) is 0 Å². The van der Waals surface area contributed by atoms with Crippen molar-refractivity contribution in [2.75, 3.05) is 11.6 Å². The fourth-order valence-corrected chi connectivity index (χ4v) is 2.41. The molecule has 1 fully saturated rings. The summed E-state index contributed by atoms with van der Waals surface area (Å²) < 4.78 is 22.9. The van der Waals surface area contributed by atoms with Gasteiger partial charge in [-0.2, -0.15) is 0 Å². The molecule has 1 aromatic carbocycles. The van der Waals surface area contributed by atoms with Gasteiger partial charge in [-0.1, -0.05) is 6.07 Å². The molecule has 1 saturated carbocycles. The van der Waals surface area contributed by atoms with Gasteiger partial charge in [0, 0.05) is 18.0 Å². The van der Waals surface area contributed by atoms with Crippen LogP contribution in [0.1, 0.15) is 24.8 Å². The third-order valence-electron chi connectivity index (χ3n) is 3.10. The Hall–Kier alpha value is -1.03. The number of rotatable bonds is 3. The largest absolute Gasteiger partial charge is 0.382 e. The lowest BCUT2D eigenvalue weighted by Gasteiger charge is -2.28. The average molecular weight is 239 g/mol. The van der Waals surface area contributed by atoms with Gasteiger partial charge in [0.15, 0.2) is 9.84 Å². The van der Waals surface area contributed by atoms with E-state index in [0.29, 0.717) is 10.9 Å². The molecule has 0 saturated heterocycles. The van der Waals surface area contributed by atoms with Gasteiger partial charge in [0.25, 0.3) is 0 Å². The van der Waals surface area contributed by atoms with E-state index in [4.69, 9.17) is 0 Å². The van der Waals surface area contributed by atoms with Gasteiger partial charge in [-0.3, -0.25) is 0 Å². The van der Waals surface area contributed by atoms with Crippen molar-refractivity contribution in [1.82, 2.24) is 0 Å². The van der Waals surface area contributed by atoms with E-state index >= 15 is 0 Å². The molecule has 0 amide bonds. The molecular weight excluding hydrogens is 222 g/mol. The fraction of sp³-hybridized carbons (Fsp3) is 0.500. The Kier molecular flexibility index (Phi) is 2.93.